The predicted octanol–water partition coefficient (Wildman–Crippen LogP) is 5.58. The van der Waals surface area contributed by atoms with Gasteiger partial charge in [0.2, 0.25) is 0 Å². The molecule has 0 bridgehead atoms. The lowest BCUT2D eigenvalue weighted by Gasteiger charge is -2.15. The van der Waals surface area contributed by atoms with E-state index in [0.29, 0.717) is 36.2 Å². The van der Waals surface area contributed by atoms with Gasteiger partial charge in [0.25, 0.3) is 0 Å². The van der Waals surface area contributed by atoms with E-state index in [4.69, 9.17) is 21.7 Å². The van der Waals surface area contributed by atoms with Crippen LogP contribution in [0.25, 0.3) is 0 Å². The highest BCUT2D eigenvalue weighted by Crippen LogP contribution is 2.29. The zero-order valence-electron chi connectivity index (χ0n) is 16.6. The molecule has 0 heterocycles. The fourth-order valence-corrected chi connectivity index (χ4v) is 3.08. The van der Waals surface area contributed by atoms with Crippen molar-refractivity contribution in [2.45, 2.75) is 27.0 Å². The van der Waals surface area contributed by atoms with Gasteiger partial charge in [-0.15, -0.1) is 0 Å². The predicted molar refractivity (Wildman–Crippen MR) is 118 cm³/mol. The molecule has 3 rings (SSSR count). The number of benzene rings is 3. The van der Waals surface area contributed by atoms with Crippen molar-refractivity contribution in [2.75, 3.05) is 6.61 Å². The normalized spacial score (nSPS) is 10.4. The lowest BCUT2D eigenvalue weighted by Crippen LogP contribution is -2.21. The minimum absolute atomic E-state index is 0.264. The van der Waals surface area contributed by atoms with Crippen LogP contribution in [0.3, 0.4) is 0 Å². The first-order chi connectivity index (χ1) is 14.0. The minimum atomic E-state index is -0.264. The Hall–Kier alpha value is -2.92. The Morgan fingerprint density at radius 3 is 2.45 bits per heavy atom. The number of aryl methyl sites for hydroxylation is 1. The zero-order valence-corrected chi connectivity index (χ0v) is 17.4. The second-order valence-corrected chi connectivity index (χ2v) is 7.09. The van der Waals surface area contributed by atoms with Crippen LogP contribution in [0.1, 0.15) is 29.2 Å². The molecule has 3 aromatic rings. The van der Waals surface area contributed by atoms with Crippen molar-refractivity contribution in [3.05, 3.63) is 94.8 Å². The fourth-order valence-electron chi connectivity index (χ4n) is 2.89. The summed E-state index contributed by atoms with van der Waals surface area (Å²) in [4.78, 5) is 0.651. The van der Waals surface area contributed by atoms with E-state index in [-0.39, 0.29) is 5.82 Å². The smallest absolute Gasteiger partial charge is 0.161 e. The SMILES string of the molecule is CCOc1cc(C(=S)NCc2cccc(C)c2)ccc1OCc1ccc(F)cc1. The minimum Gasteiger partial charge on any atom is -0.490 e. The maximum Gasteiger partial charge on any atom is 0.161 e. The Morgan fingerprint density at radius 1 is 0.931 bits per heavy atom. The molecule has 150 valence electrons. The molecule has 0 spiro atoms. The topological polar surface area (TPSA) is 30.5 Å². The Kier molecular flexibility index (Phi) is 7.19. The molecule has 0 saturated carbocycles. The van der Waals surface area contributed by atoms with E-state index in [2.05, 4.69) is 30.4 Å². The number of hydrogen-bond acceptors (Lipinski definition) is 3. The van der Waals surface area contributed by atoms with Crippen LogP contribution in [0, 0.1) is 12.7 Å². The highest BCUT2D eigenvalue weighted by molar-refractivity contribution is 7.80. The summed E-state index contributed by atoms with van der Waals surface area (Å²) in [7, 11) is 0. The van der Waals surface area contributed by atoms with E-state index < -0.39 is 0 Å². The van der Waals surface area contributed by atoms with Crippen molar-refractivity contribution in [1.29, 1.82) is 0 Å². The molecule has 0 atom stereocenters. The van der Waals surface area contributed by atoms with Gasteiger partial charge in [0, 0.05) is 12.1 Å². The van der Waals surface area contributed by atoms with Crippen LogP contribution < -0.4 is 14.8 Å². The number of nitrogens with one attached hydrogen (secondary N) is 1. The lowest BCUT2D eigenvalue weighted by atomic mass is 10.1. The summed E-state index contributed by atoms with van der Waals surface area (Å²) in [6.45, 7) is 5.49. The van der Waals surface area contributed by atoms with Crippen molar-refractivity contribution in [3.8, 4) is 11.5 Å². The second kappa shape index (κ2) is 10.0. The van der Waals surface area contributed by atoms with E-state index in [0.717, 1.165) is 11.1 Å². The van der Waals surface area contributed by atoms with Crippen molar-refractivity contribution >= 4 is 17.2 Å². The third-order valence-electron chi connectivity index (χ3n) is 4.35. The third-order valence-corrected chi connectivity index (χ3v) is 4.73. The molecule has 0 saturated heterocycles. The van der Waals surface area contributed by atoms with E-state index in [1.165, 1.54) is 23.3 Å². The van der Waals surface area contributed by atoms with E-state index in [9.17, 15) is 4.39 Å². The van der Waals surface area contributed by atoms with Crippen LogP contribution >= 0.6 is 12.2 Å². The first kappa shape index (κ1) is 20.8. The van der Waals surface area contributed by atoms with Crippen LogP contribution in [0.15, 0.2) is 66.7 Å². The highest BCUT2D eigenvalue weighted by atomic mass is 32.1. The summed E-state index contributed by atoms with van der Waals surface area (Å²) >= 11 is 5.55. The fraction of sp³-hybridized carbons (Fsp3) is 0.208. The molecule has 0 amide bonds. The summed E-state index contributed by atoms with van der Waals surface area (Å²) in [6, 6.07) is 20.2. The summed E-state index contributed by atoms with van der Waals surface area (Å²) in [5.41, 5.74) is 4.15. The van der Waals surface area contributed by atoms with E-state index >= 15 is 0 Å². The molecule has 0 aliphatic heterocycles. The second-order valence-electron chi connectivity index (χ2n) is 6.68. The molecule has 0 unspecified atom stereocenters. The maximum atomic E-state index is 13.0. The van der Waals surface area contributed by atoms with Crippen LogP contribution in [-0.2, 0) is 13.2 Å². The third kappa shape index (κ3) is 6.03. The van der Waals surface area contributed by atoms with Crippen LogP contribution in [-0.4, -0.2) is 11.6 Å². The number of hydrogen-bond donors (Lipinski definition) is 1. The average molecular weight is 410 g/mol. The van der Waals surface area contributed by atoms with Crippen molar-refractivity contribution < 1.29 is 13.9 Å². The van der Waals surface area contributed by atoms with Gasteiger partial charge in [-0.2, -0.15) is 0 Å². The number of ether oxygens (including phenoxy) is 2. The van der Waals surface area contributed by atoms with Crippen molar-refractivity contribution in [2.24, 2.45) is 0 Å². The van der Waals surface area contributed by atoms with Crippen LogP contribution in [0.2, 0.25) is 0 Å². The summed E-state index contributed by atoms with van der Waals surface area (Å²) in [5.74, 6) is 0.994. The molecule has 5 heteroatoms. The van der Waals surface area contributed by atoms with Gasteiger partial charge in [-0.05, 0) is 55.3 Å². The average Bonchev–Trinajstić information content (AvgIpc) is 2.72. The number of halogens is 1. The standard InChI is InChI=1S/C24H24FNO2S/c1-3-27-23-14-20(24(29)26-15-19-6-4-5-17(2)13-19)9-12-22(23)28-16-18-7-10-21(25)11-8-18/h4-14H,3,15-16H2,1-2H3,(H,26,29). The molecular weight excluding hydrogens is 385 g/mol. The van der Waals surface area contributed by atoms with Gasteiger partial charge in [0.05, 0.1) is 6.61 Å². The van der Waals surface area contributed by atoms with Gasteiger partial charge in [-0.25, -0.2) is 4.39 Å². The van der Waals surface area contributed by atoms with Gasteiger partial charge in [0.1, 0.15) is 17.4 Å². The maximum absolute atomic E-state index is 13.0. The molecule has 0 radical (unpaired) electrons. The molecule has 0 aliphatic rings. The molecule has 3 aromatic carbocycles. The quantitative estimate of drug-likeness (QED) is 0.492. The van der Waals surface area contributed by atoms with Crippen molar-refractivity contribution in [3.63, 3.8) is 0 Å². The Morgan fingerprint density at radius 2 is 1.72 bits per heavy atom. The molecule has 0 aliphatic carbocycles. The van der Waals surface area contributed by atoms with Crippen molar-refractivity contribution in [1.82, 2.24) is 5.32 Å². The Labute approximate surface area is 176 Å². The number of thiocarbonyl (C=S) groups is 1. The molecule has 0 aromatic heterocycles. The highest BCUT2D eigenvalue weighted by Gasteiger charge is 2.10. The van der Waals surface area contributed by atoms with Crippen LogP contribution in [0.5, 0.6) is 11.5 Å². The van der Waals surface area contributed by atoms with Crippen LogP contribution in [0.4, 0.5) is 4.39 Å². The Bertz CT molecular complexity index is 973. The van der Waals surface area contributed by atoms with Gasteiger partial charge in [0.15, 0.2) is 11.5 Å². The first-order valence-electron chi connectivity index (χ1n) is 9.53. The van der Waals surface area contributed by atoms with Gasteiger partial charge in [-0.3, -0.25) is 0 Å². The molecule has 1 N–H and O–H groups in total. The molecule has 0 fully saturated rings. The van der Waals surface area contributed by atoms with Gasteiger partial charge < -0.3 is 14.8 Å². The van der Waals surface area contributed by atoms with E-state index in [1.807, 2.05) is 31.2 Å². The monoisotopic (exact) mass is 409 g/mol. The van der Waals surface area contributed by atoms with E-state index in [1.54, 1.807) is 12.1 Å². The summed E-state index contributed by atoms with van der Waals surface area (Å²) in [6.07, 6.45) is 0. The first-order valence-corrected chi connectivity index (χ1v) is 9.94. The molecule has 29 heavy (non-hydrogen) atoms. The lowest BCUT2D eigenvalue weighted by molar-refractivity contribution is 0.269. The summed E-state index contributed by atoms with van der Waals surface area (Å²) < 4.78 is 24.7. The largest absolute Gasteiger partial charge is 0.490 e. The molecule has 3 nitrogen and oxygen atoms in total. The number of rotatable bonds is 8. The van der Waals surface area contributed by atoms with Gasteiger partial charge >= 0.3 is 0 Å². The summed E-state index contributed by atoms with van der Waals surface area (Å²) in [5, 5.41) is 3.29. The zero-order chi connectivity index (χ0) is 20.6. The van der Waals surface area contributed by atoms with Gasteiger partial charge in [-0.1, -0.05) is 54.2 Å². The Balaban J connectivity index is 1.67. The molecular formula is C24H24FNO2S.